The van der Waals surface area contributed by atoms with E-state index in [1.54, 1.807) is 0 Å². The van der Waals surface area contributed by atoms with Gasteiger partial charge in [-0.3, -0.25) is 14.5 Å². The third kappa shape index (κ3) is 4.37. The van der Waals surface area contributed by atoms with Crippen LogP contribution in [0.2, 0.25) is 0 Å². The van der Waals surface area contributed by atoms with E-state index in [-0.39, 0.29) is 11.8 Å². The summed E-state index contributed by atoms with van der Waals surface area (Å²) >= 11 is 0. The fraction of sp³-hybridized carbons (Fsp3) is 0.364. The van der Waals surface area contributed by atoms with E-state index in [1.165, 1.54) is 0 Å². The Bertz CT molecular complexity index is 809. The van der Waals surface area contributed by atoms with E-state index < -0.39 is 0 Å². The van der Waals surface area contributed by atoms with Gasteiger partial charge in [0.15, 0.2) is 0 Å². The van der Waals surface area contributed by atoms with Crippen LogP contribution in [0.1, 0.15) is 12.8 Å². The predicted molar refractivity (Wildman–Crippen MR) is 106 cm³/mol. The molecule has 2 aromatic rings. The zero-order chi connectivity index (χ0) is 18.6. The summed E-state index contributed by atoms with van der Waals surface area (Å²) in [7, 11) is 0. The fourth-order valence-corrected chi connectivity index (χ4v) is 3.57. The lowest BCUT2D eigenvalue weighted by molar-refractivity contribution is -0.134. The highest BCUT2D eigenvalue weighted by Crippen LogP contribution is 2.31. The number of benzene rings is 2. The Balaban J connectivity index is 1.33. The van der Waals surface area contributed by atoms with Crippen molar-refractivity contribution in [3.8, 4) is 11.1 Å². The van der Waals surface area contributed by atoms with Crippen LogP contribution in [-0.4, -0.2) is 54.3 Å². The monoisotopic (exact) mass is 363 g/mol. The summed E-state index contributed by atoms with van der Waals surface area (Å²) in [5, 5.41) is 3.06. The summed E-state index contributed by atoms with van der Waals surface area (Å²) in [4.78, 5) is 28.8. The molecule has 1 N–H and O–H groups in total. The number of amides is 2. The Hall–Kier alpha value is -2.66. The molecule has 1 saturated carbocycles. The third-order valence-corrected chi connectivity index (χ3v) is 5.26. The van der Waals surface area contributed by atoms with Crippen molar-refractivity contribution < 1.29 is 9.59 Å². The van der Waals surface area contributed by atoms with Crippen molar-refractivity contribution >= 4 is 17.5 Å². The Morgan fingerprint density at radius 3 is 2.26 bits per heavy atom. The van der Waals surface area contributed by atoms with Gasteiger partial charge in [0, 0.05) is 43.3 Å². The number of rotatable bonds is 5. The van der Waals surface area contributed by atoms with Gasteiger partial charge in [0.1, 0.15) is 0 Å². The molecule has 27 heavy (non-hydrogen) atoms. The Morgan fingerprint density at radius 1 is 0.889 bits per heavy atom. The maximum atomic E-state index is 12.6. The van der Waals surface area contributed by atoms with Crippen LogP contribution in [0.25, 0.3) is 11.1 Å². The van der Waals surface area contributed by atoms with Crippen molar-refractivity contribution in [2.75, 3.05) is 38.0 Å². The molecule has 1 aliphatic heterocycles. The van der Waals surface area contributed by atoms with Gasteiger partial charge in [0.25, 0.3) is 0 Å². The van der Waals surface area contributed by atoms with Gasteiger partial charge in [-0.1, -0.05) is 48.5 Å². The van der Waals surface area contributed by atoms with Gasteiger partial charge < -0.3 is 10.2 Å². The van der Waals surface area contributed by atoms with Gasteiger partial charge in [-0.2, -0.15) is 0 Å². The first-order valence-corrected chi connectivity index (χ1v) is 9.66. The van der Waals surface area contributed by atoms with Gasteiger partial charge in [-0.25, -0.2) is 0 Å². The van der Waals surface area contributed by atoms with Crippen LogP contribution >= 0.6 is 0 Å². The molecule has 2 aliphatic rings. The molecule has 0 bridgehead atoms. The number of carbonyl (C=O) groups excluding carboxylic acids is 2. The smallest absolute Gasteiger partial charge is 0.238 e. The van der Waals surface area contributed by atoms with Crippen molar-refractivity contribution in [3.63, 3.8) is 0 Å². The number of para-hydroxylation sites is 1. The minimum absolute atomic E-state index is 0.0136. The molecule has 0 atom stereocenters. The molecule has 0 spiro atoms. The summed E-state index contributed by atoms with van der Waals surface area (Å²) in [6.45, 7) is 3.32. The molecule has 1 heterocycles. The second kappa shape index (κ2) is 7.92. The van der Waals surface area contributed by atoms with Crippen LogP contribution in [0, 0.1) is 5.92 Å². The predicted octanol–water partition coefficient (Wildman–Crippen LogP) is 2.85. The number of carbonyl (C=O) groups is 2. The zero-order valence-corrected chi connectivity index (χ0v) is 15.4. The topological polar surface area (TPSA) is 52.7 Å². The Kier molecular flexibility index (Phi) is 5.21. The maximum Gasteiger partial charge on any atom is 0.238 e. The summed E-state index contributed by atoms with van der Waals surface area (Å²) in [6.07, 6.45) is 2.09. The molecule has 0 radical (unpaired) electrons. The van der Waals surface area contributed by atoms with Crippen LogP contribution in [-0.2, 0) is 9.59 Å². The highest BCUT2D eigenvalue weighted by molar-refractivity contribution is 5.96. The van der Waals surface area contributed by atoms with Gasteiger partial charge in [0.2, 0.25) is 11.8 Å². The summed E-state index contributed by atoms with van der Waals surface area (Å²) in [5.41, 5.74) is 2.93. The lowest BCUT2D eigenvalue weighted by atomic mass is 10.0. The van der Waals surface area contributed by atoms with Crippen molar-refractivity contribution in [2.45, 2.75) is 12.8 Å². The van der Waals surface area contributed by atoms with Crippen LogP contribution in [0.4, 0.5) is 5.69 Å². The quantitative estimate of drug-likeness (QED) is 0.889. The highest BCUT2D eigenvalue weighted by atomic mass is 16.2. The van der Waals surface area contributed by atoms with Crippen molar-refractivity contribution in [2.24, 2.45) is 5.92 Å². The lowest BCUT2D eigenvalue weighted by Crippen LogP contribution is -2.50. The van der Waals surface area contributed by atoms with E-state index in [0.717, 1.165) is 55.8 Å². The van der Waals surface area contributed by atoms with E-state index >= 15 is 0 Å². The number of nitrogens with zero attached hydrogens (tertiary/aromatic N) is 2. The first kappa shape index (κ1) is 17.7. The summed E-state index contributed by atoms with van der Waals surface area (Å²) in [6, 6.07) is 17.9. The molecule has 2 amide bonds. The molecule has 0 unspecified atom stereocenters. The van der Waals surface area contributed by atoms with Crippen molar-refractivity contribution in [1.29, 1.82) is 0 Å². The van der Waals surface area contributed by atoms with Gasteiger partial charge in [-0.15, -0.1) is 0 Å². The summed E-state index contributed by atoms with van der Waals surface area (Å²) < 4.78 is 0. The van der Waals surface area contributed by atoms with Crippen molar-refractivity contribution in [3.05, 3.63) is 54.6 Å². The average Bonchev–Trinajstić information content (AvgIpc) is 3.54. The fourth-order valence-electron chi connectivity index (χ4n) is 3.57. The second-order valence-corrected chi connectivity index (χ2v) is 7.34. The Labute approximate surface area is 160 Å². The molecule has 2 aromatic carbocycles. The Morgan fingerprint density at radius 2 is 1.56 bits per heavy atom. The first-order valence-electron chi connectivity index (χ1n) is 9.66. The number of nitrogens with one attached hydrogen (secondary N) is 1. The minimum atomic E-state index is -0.0136. The molecule has 140 valence electrons. The van der Waals surface area contributed by atoms with E-state index in [2.05, 4.69) is 10.2 Å². The molecule has 0 aromatic heterocycles. The standard InChI is InChI=1S/C22H25N3O2/c26-21(16-24-12-14-25(15-13-24)22(27)18-10-11-18)23-20-9-5-4-8-19(20)17-6-2-1-3-7-17/h1-9,18H,10-16H2,(H,23,26). The molecule has 1 saturated heterocycles. The molecule has 5 heteroatoms. The molecule has 2 fully saturated rings. The van der Waals surface area contributed by atoms with Crippen LogP contribution in [0.15, 0.2) is 54.6 Å². The maximum absolute atomic E-state index is 12.6. The van der Waals surface area contributed by atoms with E-state index in [0.29, 0.717) is 12.5 Å². The number of piperazine rings is 1. The zero-order valence-electron chi connectivity index (χ0n) is 15.4. The van der Waals surface area contributed by atoms with E-state index in [9.17, 15) is 9.59 Å². The van der Waals surface area contributed by atoms with Crippen molar-refractivity contribution in [1.82, 2.24) is 9.80 Å². The molecule has 5 nitrogen and oxygen atoms in total. The molecule has 4 rings (SSSR count). The van der Waals surface area contributed by atoms with Gasteiger partial charge >= 0.3 is 0 Å². The minimum Gasteiger partial charge on any atom is -0.340 e. The number of hydrogen-bond acceptors (Lipinski definition) is 3. The average molecular weight is 363 g/mol. The molecular weight excluding hydrogens is 338 g/mol. The normalized spacial score (nSPS) is 17.6. The molecular formula is C22H25N3O2. The van der Waals surface area contributed by atoms with Crippen LogP contribution in [0.3, 0.4) is 0 Å². The lowest BCUT2D eigenvalue weighted by Gasteiger charge is -2.34. The number of anilines is 1. The number of hydrogen-bond donors (Lipinski definition) is 1. The first-order chi connectivity index (χ1) is 13.2. The van der Waals surface area contributed by atoms with E-state index in [4.69, 9.17) is 0 Å². The SMILES string of the molecule is O=C(CN1CCN(C(=O)C2CC2)CC1)Nc1ccccc1-c1ccccc1. The third-order valence-electron chi connectivity index (χ3n) is 5.26. The van der Waals surface area contributed by atoms with E-state index in [1.807, 2.05) is 59.5 Å². The summed E-state index contributed by atoms with van der Waals surface area (Å²) in [5.74, 6) is 0.561. The van der Waals surface area contributed by atoms with Crippen LogP contribution in [0.5, 0.6) is 0 Å². The highest BCUT2D eigenvalue weighted by Gasteiger charge is 2.34. The van der Waals surface area contributed by atoms with Gasteiger partial charge in [0.05, 0.1) is 6.54 Å². The second-order valence-electron chi connectivity index (χ2n) is 7.34. The largest absolute Gasteiger partial charge is 0.340 e. The molecule has 1 aliphatic carbocycles. The van der Waals surface area contributed by atoms with Gasteiger partial charge in [-0.05, 0) is 24.5 Å². The van der Waals surface area contributed by atoms with Crippen LogP contribution < -0.4 is 5.32 Å².